The number of nitrogens with one attached hydrogen (secondary N) is 1. The normalized spacial score (nSPS) is 10.3. The molecule has 2 rings (SSSR count). The summed E-state index contributed by atoms with van der Waals surface area (Å²) in [5.74, 6) is -0.501. The Kier molecular flexibility index (Phi) is 7.20. The van der Waals surface area contributed by atoms with Crippen LogP contribution in [-0.4, -0.2) is 18.5 Å². The zero-order valence-electron chi connectivity index (χ0n) is 14.9. The van der Waals surface area contributed by atoms with Crippen molar-refractivity contribution in [1.82, 2.24) is 0 Å². The lowest BCUT2D eigenvalue weighted by molar-refractivity contribution is -0.144. The van der Waals surface area contributed by atoms with Gasteiger partial charge in [-0.05, 0) is 49.4 Å². The third kappa shape index (κ3) is 6.42. The first kappa shape index (κ1) is 18.7. The summed E-state index contributed by atoms with van der Waals surface area (Å²) in [7, 11) is 0. The molecule has 0 bridgehead atoms. The van der Waals surface area contributed by atoms with Crippen LogP contribution in [0.25, 0.3) is 0 Å². The van der Waals surface area contributed by atoms with Gasteiger partial charge in [0.05, 0.1) is 13.0 Å². The van der Waals surface area contributed by atoms with E-state index in [0.717, 1.165) is 29.7 Å². The SMILES string of the molecule is Cc1cccc(NC(=O)CCC(=O)OCCCc2ccccc2)c1C. The van der Waals surface area contributed by atoms with E-state index in [1.807, 2.05) is 50.2 Å². The van der Waals surface area contributed by atoms with Gasteiger partial charge in [0.15, 0.2) is 0 Å². The maximum Gasteiger partial charge on any atom is 0.306 e. The van der Waals surface area contributed by atoms with Crippen molar-refractivity contribution in [2.45, 2.75) is 39.5 Å². The van der Waals surface area contributed by atoms with Crippen molar-refractivity contribution in [2.24, 2.45) is 0 Å². The van der Waals surface area contributed by atoms with Crippen molar-refractivity contribution < 1.29 is 14.3 Å². The number of esters is 1. The molecule has 0 aliphatic carbocycles. The number of anilines is 1. The predicted molar refractivity (Wildman–Crippen MR) is 99.5 cm³/mol. The lowest BCUT2D eigenvalue weighted by Gasteiger charge is -2.10. The fourth-order valence-electron chi connectivity index (χ4n) is 2.49. The molecule has 2 aromatic rings. The molecule has 0 saturated heterocycles. The van der Waals surface area contributed by atoms with Gasteiger partial charge in [0.2, 0.25) is 5.91 Å². The Morgan fingerprint density at radius 2 is 1.72 bits per heavy atom. The van der Waals surface area contributed by atoms with Crippen LogP contribution in [-0.2, 0) is 20.7 Å². The van der Waals surface area contributed by atoms with Crippen molar-refractivity contribution in [3.05, 3.63) is 65.2 Å². The second kappa shape index (κ2) is 9.62. The van der Waals surface area contributed by atoms with Gasteiger partial charge in [-0.3, -0.25) is 9.59 Å². The number of hydrogen-bond acceptors (Lipinski definition) is 3. The van der Waals surface area contributed by atoms with Gasteiger partial charge in [-0.2, -0.15) is 0 Å². The third-order valence-corrected chi connectivity index (χ3v) is 4.15. The van der Waals surface area contributed by atoms with Crippen molar-refractivity contribution in [1.29, 1.82) is 0 Å². The molecule has 0 aliphatic rings. The highest BCUT2D eigenvalue weighted by Gasteiger charge is 2.10. The molecule has 0 radical (unpaired) electrons. The number of hydrogen-bond donors (Lipinski definition) is 1. The van der Waals surface area contributed by atoms with Crippen LogP contribution in [0.3, 0.4) is 0 Å². The van der Waals surface area contributed by atoms with Crippen molar-refractivity contribution in [3.8, 4) is 0 Å². The summed E-state index contributed by atoms with van der Waals surface area (Å²) in [4.78, 5) is 23.7. The molecule has 0 aromatic heterocycles. The van der Waals surface area contributed by atoms with Gasteiger partial charge in [-0.25, -0.2) is 0 Å². The highest BCUT2D eigenvalue weighted by molar-refractivity contribution is 5.93. The molecule has 1 N–H and O–H groups in total. The van der Waals surface area contributed by atoms with Crippen molar-refractivity contribution in [2.75, 3.05) is 11.9 Å². The van der Waals surface area contributed by atoms with Crippen LogP contribution in [0.4, 0.5) is 5.69 Å². The molecular weight excluding hydrogens is 314 g/mol. The Labute approximate surface area is 149 Å². The van der Waals surface area contributed by atoms with E-state index >= 15 is 0 Å². The Morgan fingerprint density at radius 1 is 0.960 bits per heavy atom. The summed E-state index contributed by atoms with van der Waals surface area (Å²) in [5, 5.41) is 2.85. The summed E-state index contributed by atoms with van der Waals surface area (Å²) in [5.41, 5.74) is 4.18. The summed E-state index contributed by atoms with van der Waals surface area (Å²) >= 11 is 0. The molecule has 0 atom stereocenters. The number of amides is 1. The Bertz CT molecular complexity index is 710. The number of ether oxygens (including phenoxy) is 1. The molecule has 0 saturated carbocycles. The van der Waals surface area contributed by atoms with Crippen molar-refractivity contribution >= 4 is 17.6 Å². The molecule has 4 nitrogen and oxygen atoms in total. The summed E-state index contributed by atoms with van der Waals surface area (Å²) in [6.45, 7) is 4.34. The fraction of sp³-hybridized carbons (Fsp3) is 0.333. The maximum atomic E-state index is 12.0. The average Bonchev–Trinajstić information content (AvgIpc) is 2.62. The predicted octanol–water partition coefficient (Wildman–Crippen LogP) is 4.20. The largest absolute Gasteiger partial charge is 0.466 e. The number of carbonyl (C=O) groups excluding carboxylic acids is 2. The van der Waals surface area contributed by atoms with E-state index in [-0.39, 0.29) is 24.7 Å². The summed E-state index contributed by atoms with van der Waals surface area (Å²) in [6, 6.07) is 15.8. The van der Waals surface area contributed by atoms with Crippen LogP contribution in [0.1, 0.15) is 36.0 Å². The third-order valence-electron chi connectivity index (χ3n) is 4.15. The molecule has 0 spiro atoms. The zero-order chi connectivity index (χ0) is 18.1. The molecule has 0 aliphatic heterocycles. The van der Waals surface area contributed by atoms with Gasteiger partial charge in [0, 0.05) is 12.1 Å². The molecule has 0 fully saturated rings. The second-order valence-corrected chi connectivity index (χ2v) is 6.11. The molecule has 0 heterocycles. The molecule has 0 unspecified atom stereocenters. The quantitative estimate of drug-likeness (QED) is 0.579. The van der Waals surface area contributed by atoms with E-state index in [4.69, 9.17) is 4.74 Å². The Morgan fingerprint density at radius 3 is 2.48 bits per heavy atom. The van der Waals surface area contributed by atoms with Gasteiger partial charge in [0.25, 0.3) is 0 Å². The summed E-state index contributed by atoms with van der Waals surface area (Å²) in [6.07, 6.45) is 1.89. The van der Waals surface area contributed by atoms with Crippen LogP contribution in [0.2, 0.25) is 0 Å². The molecule has 25 heavy (non-hydrogen) atoms. The molecule has 1 amide bonds. The van der Waals surface area contributed by atoms with Crippen LogP contribution in [0.5, 0.6) is 0 Å². The summed E-state index contributed by atoms with van der Waals surface area (Å²) < 4.78 is 5.19. The van der Waals surface area contributed by atoms with Crippen LogP contribution < -0.4 is 5.32 Å². The molecule has 2 aromatic carbocycles. The highest BCUT2D eigenvalue weighted by atomic mass is 16.5. The van der Waals surface area contributed by atoms with Crippen molar-refractivity contribution in [3.63, 3.8) is 0 Å². The first-order valence-electron chi connectivity index (χ1n) is 8.62. The molecule has 132 valence electrons. The van der Waals surface area contributed by atoms with E-state index in [9.17, 15) is 9.59 Å². The van der Waals surface area contributed by atoms with Crippen LogP contribution in [0, 0.1) is 13.8 Å². The molecular formula is C21H25NO3. The van der Waals surface area contributed by atoms with E-state index in [1.165, 1.54) is 5.56 Å². The van der Waals surface area contributed by atoms with E-state index in [2.05, 4.69) is 17.4 Å². The minimum absolute atomic E-state index is 0.0992. The van der Waals surface area contributed by atoms with E-state index in [0.29, 0.717) is 6.61 Å². The Balaban J connectivity index is 1.64. The monoisotopic (exact) mass is 339 g/mol. The van der Waals surface area contributed by atoms with E-state index in [1.54, 1.807) is 0 Å². The highest BCUT2D eigenvalue weighted by Crippen LogP contribution is 2.18. The lowest BCUT2D eigenvalue weighted by Crippen LogP contribution is -2.15. The number of aryl methyl sites for hydroxylation is 2. The number of carbonyl (C=O) groups is 2. The Hall–Kier alpha value is -2.62. The fourth-order valence-corrected chi connectivity index (χ4v) is 2.49. The smallest absolute Gasteiger partial charge is 0.306 e. The van der Waals surface area contributed by atoms with Crippen LogP contribution >= 0.6 is 0 Å². The average molecular weight is 339 g/mol. The zero-order valence-corrected chi connectivity index (χ0v) is 14.9. The second-order valence-electron chi connectivity index (χ2n) is 6.11. The topological polar surface area (TPSA) is 55.4 Å². The van der Waals surface area contributed by atoms with E-state index < -0.39 is 0 Å². The minimum Gasteiger partial charge on any atom is -0.466 e. The van der Waals surface area contributed by atoms with Gasteiger partial charge >= 0.3 is 5.97 Å². The number of rotatable bonds is 8. The van der Waals surface area contributed by atoms with Gasteiger partial charge in [-0.1, -0.05) is 42.5 Å². The minimum atomic E-state index is -0.329. The first-order valence-corrected chi connectivity index (χ1v) is 8.62. The first-order chi connectivity index (χ1) is 12.1. The maximum absolute atomic E-state index is 12.0. The van der Waals surface area contributed by atoms with Gasteiger partial charge < -0.3 is 10.1 Å². The molecule has 4 heteroatoms. The standard InChI is InChI=1S/C21H25NO3/c1-16-8-6-12-19(17(16)2)22-20(23)13-14-21(24)25-15-7-11-18-9-4-3-5-10-18/h3-6,8-10,12H,7,11,13-15H2,1-2H3,(H,22,23). The van der Waals surface area contributed by atoms with Gasteiger partial charge in [-0.15, -0.1) is 0 Å². The van der Waals surface area contributed by atoms with Crippen LogP contribution in [0.15, 0.2) is 48.5 Å². The van der Waals surface area contributed by atoms with Gasteiger partial charge in [0.1, 0.15) is 0 Å². The lowest BCUT2D eigenvalue weighted by atomic mass is 10.1. The number of benzene rings is 2.